The van der Waals surface area contributed by atoms with Gasteiger partial charge in [-0.05, 0) is 53.1 Å². The molecule has 4 rings (SSSR count). The zero-order valence-electron chi connectivity index (χ0n) is 13.4. The van der Waals surface area contributed by atoms with E-state index in [1.54, 1.807) is 0 Å². The van der Waals surface area contributed by atoms with Crippen molar-refractivity contribution < 1.29 is 14.2 Å². The van der Waals surface area contributed by atoms with Gasteiger partial charge < -0.3 is 14.2 Å². The molecule has 0 radical (unpaired) electrons. The average Bonchev–Trinajstić information content (AvgIpc) is 3.15. The van der Waals surface area contributed by atoms with Crippen molar-refractivity contribution in [1.82, 2.24) is 0 Å². The van der Waals surface area contributed by atoms with Crippen LogP contribution in [0, 0.1) is 11.3 Å². The molecule has 0 N–H and O–H groups in total. The molecule has 0 aliphatic carbocycles. The van der Waals surface area contributed by atoms with E-state index in [4.69, 9.17) is 19.5 Å². The van der Waals surface area contributed by atoms with Crippen molar-refractivity contribution in [3.63, 3.8) is 0 Å². The second kappa shape index (κ2) is 6.58. The number of nitrogens with zero attached hydrogens (tertiary/aromatic N) is 1. The third-order valence-corrected chi connectivity index (χ3v) is 4.04. The van der Waals surface area contributed by atoms with E-state index in [0.29, 0.717) is 12.2 Å². The maximum Gasteiger partial charge on any atom is 0.231 e. The van der Waals surface area contributed by atoms with Crippen LogP contribution in [0.2, 0.25) is 0 Å². The van der Waals surface area contributed by atoms with Gasteiger partial charge in [-0.3, -0.25) is 0 Å². The smallest absolute Gasteiger partial charge is 0.231 e. The first-order valence-electron chi connectivity index (χ1n) is 7.94. The highest BCUT2D eigenvalue weighted by atomic mass is 16.7. The monoisotopic (exact) mass is 329 g/mol. The van der Waals surface area contributed by atoms with Gasteiger partial charge >= 0.3 is 0 Å². The maximum absolute atomic E-state index is 8.86. The lowest BCUT2D eigenvalue weighted by atomic mass is 10.0. The van der Waals surface area contributed by atoms with E-state index in [1.807, 2.05) is 66.7 Å². The second-order valence-electron chi connectivity index (χ2n) is 5.69. The Morgan fingerprint density at radius 2 is 1.52 bits per heavy atom. The molecule has 0 fully saturated rings. The molecule has 25 heavy (non-hydrogen) atoms. The molecule has 0 saturated heterocycles. The molecule has 0 amide bonds. The lowest BCUT2D eigenvalue weighted by molar-refractivity contribution is 0.174. The summed E-state index contributed by atoms with van der Waals surface area (Å²) in [5, 5.41) is 8.86. The van der Waals surface area contributed by atoms with Gasteiger partial charge in [-0.1, -0.05) is 30.3 Å². The van der Waals surface area contributed by atoms with Crippen LogP contribution in [0.4, 0.5) is 0 Å². The van der Waals surface area contributed by atoms with E-state index in [1.165, 1.54) is 0 Å². The summed E-state index contributed by atoms with van der Waals surface area (Å²) in [6.45, 7) is 0.739. The minimum atomic E-state index is 0.274. The quantitative estimate of drug-likeness (QED) is 0.705. The van der Waals surface area contributed by atoms with Crippen LogP contribution in [0.25, 0.3) is 11.1 Å². The van der Waals surface area contributed by atoms with Gasteiger partial charge in [-0.25, -0.2) is 0 Å². The number of nitriles is 1. The summed E-state index contributed by atoms with van der Waals surface area (Å²) < 4.78 is 16.5. The molecule has 3 aromatic carbocycles. The van der Waals surface area contributed by atoms with Crippen molar-refractivity contribution in [3.05, 3.63) is 77.9 Å². The lowest BCUT2D eigenvalue weighted by Crippen LogP contribution is -1.95. The second-order valence-corrected chi connectivity index (χ2v) is 5.69. The fraction of sp³-hybridized carbons (Fsp3) is 0.0952. The number of hydrogen-bond acceptors (Lipinski definition) is 4. The minimum absolute atomic E-state index is 0.274. The van der Waals surface area contributed by atoms with Gasteiger partial charge in [0.05, 0.1) is 11.6 Å². The number of benzene rings is 3. The molecular formula is C21H15NO3. The maximum atomic E-state index is 8.86. The molecule has 1 heterocycles. The van der Waals surface area contributed by atoms with Gasteiger partial charge in [0.25, 0.3) is 0 Å². The number of hydrogen-bond donors (Lipinski definition) is 0. The van der Waals surface area contributed by atoms with Crippen molar-refractivity contribution in [3.8, 4) is 34.4 Å². The van der Waals surface area contributed by atoms with Crippen LogP contribution in [0.5, 0.6) is 17.2 Å². The largest absolute Gasteiger partial charge is 0.489 e. The fourth-order valence-electron chi connectivity index (χ4n) is 2.68. The normalized spacial score (nSPS) is 11.8. The zero-order valence-corrected chi connectivity index (χ0v) is 13.4. The Morgan fingerprint density at radius 1 is 0.840 bits per heavy atom. The average molecular weight is 329 g/mol. The summed E-state index contributed by atoms with van der Waals surface area (Å²) in [5.41, 5.74) is 3.84. The van der Waals surface area contributed by atoms with E-state index in [9.17, 15) is 0 Å². The first-order chi connectivity index (χ1) is 12.3. The van der Waals surface area contributed by atoms with Crippen molar-refractivity contribution >= 4 is 0 Å². The Kier molecular flexibility index (Phi) is 3.97. The minimum Gasteiger partial charge on any atom is -0.489 e. The number of rotatable bonds is 4. The molecule has 1 aliphatic rings. The van der Waals surface area contributed by atoms with Gasteiger partial charge in [-0.15, -0.1) is 0 Å². The fourth-order valence-corrected chi connectivity index (χ4v) is 2.68. The summed E-state index contributed by atoms with van der Waals surface area (Å²) in [6, 6.07) is 23.4. The zero-order chi connectivity index (χ0) is 17.1. The summed E-state index contributed by atoms with van der Waals surface area (Å²) in [7, 11) is 0. The highest BCUT2D eigenvalue weighted by Gasteiger charge is 2.13. The molecule has 4 heteroatoms. The summed E-state index contributed by atoms with van der Waals surface area (Å²) >= 11 is 0. The molecule has 3 aromatic rings. The molecule has 0 saturated carbocycles. The van der Waals surface area contributed by atoms with Gasteiger partial charge in [-0.2, -0.15) is 5.26 Å². The predicted molar refractivity (Wildman–Crippen MR) is 93.5 cm³/mol. The van der Waals surface area contributed by atoms with E-state index in [2.05, 4.69) is 6.07 Å². The van der Waals surface area contributed by atoms with Crippen molar-refractivity contribution in [1.29, 1.82) is 5.26 Å². The van der Waals surface area contributed by atoms with E-state index in [-0.39, 0.29) is 6.79 Å². The van der Waals surface area contributed by atoms with Crippen LogP contribution in [-0.2, 0) is 6.61 Å². The molecule has 0 aromatic heterocycles. The Hall–Kier alpha value is -3.45. The van der Waals surface area contributed by atoms with E-state index >= 15 is 0 Å². The highest BCUT2D eigenvalue weighted by molar-refractivity contribution is 5.65. The van der Waals surface area contributed by atoms with Crippen LogP contribution in [0.3, 0.4) is 0 Å². The number of ether oxygens (including phenoxy) is 3. The molecule has 4 nitrogen and oxygen atoms in total. The molecule has 0 spiro atoms. The molecule has 1 aliphatic heterocycles. The van der Waals surface area contributed by atoms with E-state index < -0.39 is 0 Å². The molecule has 0 unspecified atom stereocenters. The van der Waals surface area contributed by atoms with Gasteiger partial charge in [0.15, 0.2) is 11.5 Å². The molecule has 0 atom stereocenters. The van der Waals surface area contributed by atoms with Crippen LogP contribution in [0.15, 0.2) is 66.7 Å². The van der Waals surface area contributed by atoms with Crippen LogP contribution in [-0.4, -0.2) is 6.79 Å². The van der Waals surface area contributed by atoms with Gasteiger partial charge in [0, 0.05) is 0 Å². The van der Waals surface area contributed by atoms with Crippen LogP contribution < -0.4 is 14.2 Å². The Morgan fingerprint density at radius 3 is 2.24 bits per heavy atom. The highest BCUT2D eigenvalue weighted by Crippen LogP contribution is 2.33. The van der Waals surface area contributed by atoms with Crippen molar-refractivity contribution in [2.75, 3.05) is 6.79 Å². The lowest BCUT2D eigenvalue weighted by Gasteiger charge is -2.08. The van der Waals surface area contributed by atoms with Gasteiger partial charge in [0.1, 0.15) is 12.4 Å². The Balaban J connectivity index is 1.42. The van der Waals surface area contributed by atoms with Crippen molar-refractivity contribution in [2.24, 2.45) is 0 Å². The summed E-state index contributed by atoms with van der Waals surface area (Å²) in [4.78, 5) is 0. The third kappa shape index (κ3) is 3.26. The van der Waals surface area contributed by atoms with E-state index in [0.717, 1.165) is 33.9 Å². The Bertz CT molecular complexity index is 925. The Labute approximate surface area is 145 Å². The number of fused-ring (bicyclic) bond motifs is 1. The molecule has 0 bridgehead atoms. The summed E-state index contributed by atoms with van der Waals surface area (Å²) in [6.07, 6.45) is 0. The topological polar surface area (TPSA) is 51.5 Å². The first kappa shape index (κ1) is 15.1. The first-order valence-corrected chi connectivity index (χ1v) is 7.94. The van der Waals surface area contributed by atoms with Crippen LogP contribution >= 0.6 is 0 Å². The van der Waals surface area contributed by atoms with Gasteiger partial charge in [0.2, 0.25) is 6.79 Å². The third-order valence-electron chi connectivity index (χ3n) is 4.04. The SMILES string of the molecule is N#Cc1ccc(-c2ccc(OCc3ccc4c(c3)OCO4)cc2)cc1. The van der Waals surface area contributed by atoms with Crippen molar-refractivity contribution in [2.45, 2.75) is 6.61 Å². The summed E-state index contributed by atoms with van der Waals surface area (Å²) in [5.74, 6) is 2.34. The molecule has 122 valence electrons. The van der Waals surface area contributed by atoms with Crippen LogP contribution in [0.1, 0.15) is 11.1 Å². The standard InChI is InChI=1S/C21H15NO3/c22-12-15-1-4-17(5-2-15)18-6-8-19(9-7-18)23-13-16-3-10-20-21(11-16)25-14-24-20/h1-11H,13-14H2. The predicted octanol–water partition coefficient (Wildman–Crippen LogP) is 4.53. The molecular weight excluding hydrogens is 314 g/mol.